The van der Waals surface area contributed by atoms with Gasteiger partial charge in [-0.3, -0.25) is 4.79 Å². The number of nitrogens with one attached hydrogen (secondary N) is 1. The van der Waals surface area contributed by atoms with Crippen molar-refractivity contribution in [2.45, 2.75) is 6.92 Å². The third kappa shape index (κ3) is 1.95. The molecule has 16 heavy (non-hydrogen) atoms. The van der Waals surface area contributed by atoms with E-state index in [4.69, 9.17) is 4.74 Å². The summed E-state index contributed by atoms with van der Waals surface area (Å²) in [5.41, 5.74) is 2.13. The van der Waals surface area contributed by atoms with E-state index in [9.17, 15) is 4.79 Å². The fraction of sp³-hybridized carbons (Fsp3) is 0.167. The first kappa shape index (κ1) is 10.4. The van der Waals surface area contributed by atoms with Crippen molar-refractivity contribution < 1.29 is 4.74 Å². The summed E-state index contributed by atoms with van der Waals surface area (Å²) in [7, 11) is 1.62. The molecular formula is C12H12N2O2. The molecule has 0 atom stereocenters. The molecule has 0 spiro atoms. The van der Waals surface area contributed by atoms with Crippen molar-refractivity contribution in [3.63, 3.8) is 0 Å². The molecule has 1 N–H and O–H groups in total. The lowest BCUT2D eigenvalue weighted by Crippen LogP contribution is -2.11. The van der Waals surface area contributed by atoms with E-state index in [0.29, 0.717) is 5.56 Å². The number of benzene rings is 1. The van der Waals surface area contributed by atoms with Crippen molar-refractivity contribution >= 4 is 0 Å². The molecule has 1 aromatic heterocycles. The molecule has 0 fully saturated rings. The van der Waals surface area contributed by atoms with Gasteiger partial charge in [0, 0.05) is 11.1 Å². The number of hydrogen-bond acceptors (Lipinski definition) is 3. The van der Waals surface area contributed by atoms with Gasteiger partial charge in [0.15, 0.2) is 0 Å². The fourth-order valence-corrected chi connectivity index (χ4v) is 1.43. The van der Waals surface area contributed by atoms with E-state index in [1.807, 2.05) is 24.3 Å². The number of hydrogen-bond donors (Lipinski definition) is 1. The summed E-state index contributed by atoms with van der Waals surface area (Å²) in [5.74, 6) is 0.767. The lowest BCUT2D eigenvalue weighted by molar-refractivity contribution is 0.415. The van der Waals surface area contributed by atoms with Crippen LogP contribution in [0.3, 0.4) is 0 Å². The highest BCUT2D eigenvalue weighted by molar-refractivity contribution is 5.61. The minimum Gasteiger partial charge on any atom is -0.497 e. The average Bonchev–Trinajstić information content (AvgIpc) is 2.33. The monoisotopic (exact) mass is 216 g/mol. The zero-order chi connectivity index (χ0) is 11.5. The molecule has 0 aliphatic heterocycles. The quantitative estimate of drug-likeness (QED) is 0.832. The molecule has 2 rings (SSSR count). The number of aromatic nitrogens is 2. The predicted molar refractivity (Wildman–Crippen MR) is 61.6 cm³/mol. The second-order valence-corrected chi connectivity index (χ2v) is 3.50. The number of aromatic amines is 1. The van der Waals surface area contributed by atoms with Crippen LogP contribution in [0.5, 0.6) is 5.75 Å². The van der Waals surface area contributed by atoms with Gasteiger partial charge >= 0.3 is 0 Å². The Bertz CT molecular complexity index is 561. The SMILES string of the molecule is COc1cccc(-c2cc(C)c(=O)[nH]n2)c1. The minimum absolute atomic E-state index is 0.161. The Balaban J connectivity index is 2.50. The van der Waals surface area contributed by atoms with Gasteiger partial charge in [-0.1, -0.05) is 12.1 Å². The Kier molecular flexibility index (Phi) is 2.72. The molecule has 0 saturated heterocycles. The van der Waals surface area contributed by atoms with E-state index >= 15 is 0 Å². The smallest absolute Gasteiger partial charge is 0.267 e. The second-order valence-electron chi connectivity index (χ2n) is 3.50. The highest BCUT2D eigenvalue weighted by Crippen LogP contribution is 2.21. The molecule has 1 heterocycles. The zero-order valence-corrected chi connectivity index (χ0v) is 9.15. The lowest BCUT2D eigenvalue weighted by Gasteiger charge is -2.03. The Morgan fingerprint density at radius 2 is 2.12 bits per heavy atom. The number of aryl methyl sites for hydroxylation is 1. The van der Waals surface area contributed by atoms with E-state index in [-0.39, 0.29) is 5.56 Å². The molecule has 0 aliphatic rings. The molecular weight excluding hydrogens is 204 g/mol. The summed E-state index contributed by atoms with van der Waals surface area (Å²) in [4.78, 5) is 11.2. The first-order chi connectivity index (χ1) is 7.70. The van der Waals surface area contributed by atoms with Gasteiger partial charge in [0.1, 0.15) is 5.75 Å². The van der Waals surface area contributed by atoms with E-state index in [1.165, 1.54) is 0 Å². The first-order valence-electron chi connectivity index (χ1n) is 4.91. The van der Waals surface area contributed by atoms with Crippen LogP contribution in [0.2, 0.25) is 0 Å². The van der Waals surface area contributed by atoms with E-state index in [2.05, 4.69) is 10.2 Å². The summed E-state index contributed by atoms with van der Waals surface area (Å²) in [6.45, 7) is 1.75. The van der Waals surface area contributed by atoms with Gasteiger partial charge in [-0.15, -0.1) is 0 Å². The molecule has 1 aromatic carbocycles. The highest BCUT2D eigenvalue weighted by atomic mass is 16.5. The molecule has 0 radical (unpaired) electrons. The van der Waals surface area contributed by atoms with Gasteiger partial charge < -0.3 is 4.74 Å². The Labute approximate surface area is 92.9 Å². The molecule has 4 nitrogen and oxygen atoms in total. The van der Waals surface area contributed by atoms with Gasteiger partial charge in [0.25, 0.3) is 5.56 Å². The molecule has 2 aromatic rings. The third-order valence-corrected chi connectivity index (χ3v) is 2.35. The van der Waals surface area contributed by atoms with Crippen LogP contribution < -0.4 is 10.3 Å². The standard InChI is InChI=1S/C12H12N2O2/c1-8-6-11(13-14-12(8)15)9-4-3-5-10(7-9)16-2/h3-7H,1-2H3,(H,14,15). The van der Waals surface area contributed by atoms with Gasteiger partial charge in [-0.25, -0.2) is 5.10 Å². The first-order valence-corrected chi connectivity index (χ1v) is 4.91. The highest BCUT2D eigenvalue weighted by Gasteiger charge is 2.03. The van der Waals surface area contributed by atoms with Crippen LogP contribution in [0.4, 0.5) is 0 Å². The number of rotatable bonds is 2. The van der Waals surface area contributed by atoms with Crippen molar-refractivity contribution in [3.8, 4) is 17.0 Å². The van der Waals surface area contributed by atoms with Crippen LogP contribution in [-0.2, 0) is 0 Å². The lowest BCUT2D eigenvalue weighted by atomic mass is 10.1. The maximum Gasteiger partial charge on any atom is 0.267 e. The largest absolute Gasteiger partial charge is 0.497 e. The van der Waals surface area contributed by atoms with Crippen LogP contribution in [0.1, 0.15) is 5.56 Å². The number of H-pyrrole nitrogens is 1. The van der Waals surface area contributed by atoms with Crippen molar-refractivity contribution in [3.05, 3.63) is 46.2 Å². The van der Waals surface area contributed by atoms with Gasteiger partial charge in [0.05, 0.1) is 12.8 Å². The van der Waals surface area contributed by atoms with Crippen LogP contribution in [-0.4, -0.2) is 17.3 Å². The van der Waals surface area contributed by atoms with Crippen LogP contribution in [0.25, 0.3) is 11.3 Å². The predicted octanol–water partition coefficient (Wildman–Crippen LogP) is 1.75. The van der Waals surface area contributed by atoms with Crippen molar-refractivity contribution in [2.24, 2.45) is 0 Å². The van der Waals surface area contributed by atoms with Crippen LogP contribution >= 0.6 is 0 Å². The molecule has 4 heteroatoms. The van der Waals surface area contributed by atoms with Crippen molar-refractivity contribution in [1.29, 1.82) is 0 Å². The van der Waals surface area contributed by atoms with E-state index in [0.717, 1.165) is 17.0 Å². The molecule has 0 aliphatic carbocycles. The molecule has 0 unspecified atom stereocenters. The normalized spacial score (nSPS) is 10.1. The molecule has 0 bridgehead atoms. The van der Waals surface area contributed by atoms with Gasteiger partial charge in [-0.05, 0) is 25.1 Å². The third-order valence-electron chi connectivity index (χ3n) is 2.35. The van der Waals surface area contributed by atoms with E-state index in [1.54, 1.807) is 20.1 Å². The summed E-state index contributed by atoms with van der Waals surface area (Å²) >= 11 is 0. The van der Waals surface area contributed by atoms with Crippen molar-refractivity contribution in [2.75, 3.05) is 7.11 Å². The summed E-state index contributed by atoms with van der Waals surface area (Å²) in [5, 5.41) is 6.45. The Morgan fingerprint density at radius 3 is 2.81 bits per heavy atom. The summed E-state index contributed by atoms with van der Waals surface area (Å²) in [6.07, 6.45) is 0. The summed E-state index contributed by atoms with van der Waals surface area (Å²) < 4.78 is 5.13. The number of ether oxygens (including phenoxy) is 1. The number of methoxy groups -OCH3 is 1. The molecule has 0 amide bonds. The maximum atomic E-state index is 11.2. The van der Waals surface area contributed by atoms with E-state index < -0.39 is 0 Å². The Morgan fingerprint density at radius 1 is 1.31 bits per heavy atom. The summed E-state index contributed by atoms with van der Waals surface area (Å²) in [6, 6.07) is 9.30. The minimum atomic E-state index is -0.161. The Hall–Kier alpha value is -2.10. The fourth-order valence-electron chi connectivity index (χ4n) is 1.43. The molecule has 0 saturated carbocycles. The topological polar surface area (TPSA) is 55.0 Å². The van der Waals surface area contributed by atoms with Gasteiger partial charge in [0.2, 0.25) is 0 Å². The molecule has 82 valence electrons. The second kappa shape index (κ2) is 4.18. The van der Waals surface area contributed by atoms with Crippen LogP contribution in [0.15, 0.2) is 35.1 Å². The number of nitrogens with zero attached hydrogens (tertiary/aromatic N) is 1. The van der Waals surface area contributed by atoms with Crippen LogP contribution in [0, 0.1) is 6.92 Å². The van der Waals surface area contributed by atoms with Gasteiger partial charge in [-0.2, -0.15) is 5.10 Å². The zero-order valence-electron chi connectivity index (χ0n) is 9.15. The average molecular weight is 216 g/mol. The maximum absolute atomic E-state index is 11.2. The van der Waals surface area contributed by atoms with Crippen molar-refractivity contribution in [1.82, 2.24) is 10.2 Å².